The van der Waals surface area contributed by atoms with Crippen LogP contribution in [-0.2, 0) is 6.54 Å². The van der Waals surface area contributed by atoms with Crippen molar-refractivity contribution in [1.82, 2.24) is 9.88 Å². The van der Waals surface area contributed by atoms with Crippen LogP contribution in [0.1, 0.15) is 18.4 Å². The summed E-state index contributed by atoms with van der Waals surface area (Å²) in [5.41, 5.74) is 2.51. The van der Waals surface area contributed by atoms with E-state index in [4.69, 9.17) is 4.74 Å². The second-order valence-corrected chi connectivity index (χ2v) is 5.51. The smallest absolute Gasteiger partial charge is 0.120 e. The first-order valence-corrected chi connectivity index (χ1v) is 6.60. The molecule has 1 aliphatic carbocycles. The van der Waals surface area contributed by atoms with Gasteiger partial charge in [0.05, 0.1) is 6.61 Å². The Kier molecular flexibility index (Phi) is 3.00. The maximum absolute atomic E-state index is 5.84. The van der Waals surface area contributed by atoms with E-state index in [1.165, 1.54) is 29.3 Å². The lowest BCUT2D eigenvalue weighted by molar-refractivity contribution is 0.300. The van der Waals surface area contributed by atoms with Crippen LogP contribution in [0, 0.1) is 5.92 Å². The number of rotatable bonds is 5. The lowest BCUT2D eigenvalue weighted by Gasteiger charge is -2.09. The van der Waals surface area contributed by atoms with Crippen LogP contribution in [0.15, 0.2) is 24.4 Å². The van der Waals surface area contributed by atoms with E-state index in [0.29, 0.717) is 0 Å². The number of nitrogens with one attached hydrogen (secondary N) is 1. The van der Waals surface area contributed by atoms with Gasteiger partial charge in [-0.05, 0) is 56.6 Å². The zero-order chi connectivity index (χ0) is 12.5. The molecule has 0 unspecified atom stereocenters. The largest absolute Gasteiger partial charge is 0.493 e. The summed E-state index contributed by atoms with van der Waals surface area (Å²) in [5, 5.41) is 1.27. The lowest BCUT2D eigenvalue weighted by Crippen LogP contribution is -2.10. The molecule has 0 atom stereocenters. The highest BCUT2D eigenvalue weighted by Gasteiger charge is 2.21. The minimum Gasteiger partial charge on any atom is -0.493 e. The normalized spacial score (nSPS) is 15.5. The number of H-pyrrole nitrogens is 1. The Morgan fingerprint density at radius 1 is 1.33 bits per heavy atom. The summed E-state index contributed by atoms with van der Waals surface area (Å²) in [4.78, 5) is 5.50. The summed E-state index contributed by atoms with van der Waals surface area (Å²) in [6, 6.07) is 6.32. The van der Waals surface area contributed by atoms with Crippen LogP contribution in [0.25, 0.3) is 10.9 Å². The average Bonchev–Trinajstić information content (AvgIpc) is 3.10. The summed E-state index contributed by atoms with van der Waals surface area (Å²) in [6.45, 7) is 1.82. The molecule has 1 heterocycles. The van der Waals surface area contributed by atoms with Gasteiger partial charge >= 0.3 is 0 Å². The second-order valence-electron chi connectivity index (χ2n) is 5.51. The number of aromatic nitrogens is 1. The van der Waals surface area contributed by atoms with E-state index in [1.54, 1.807) is 0 Å². The Morgan fingerprint density at radius 2 is 2.17 bits per heavy atom. The Morgan fingerprint density at radius 3 is 2.89 bits per heavy atom. The van der Waals surface area contributed by atoms with E-state index >= 15 is 0 Å². The van der Waals surface area contributed by atoms with Gasteiger partial charge in [-0.1, -0.05) is 0 Å². The van der Waals surface area contributed by atoms with Gasteiger partial charge in [-0.2, -0.15) is 0 Å². The van der Waals surface area contributed by atoms with Gasteiger partial charge in [0.15, 0.2) is 0 Å². The van der Waals surface area contributed by atoms with Crippen LogP contribution >= 0.6 is 0 Å². The molecule has 1 aromatic heterocycles. The van der Waals surface area contributed by atoms with E-state index in [9.17, 15) is 0 Å². The average molecular weight is 244 g/mol. The molecule has 2 aromatic rings. The van der Waals surface area contributed by atoms with E-state index < -0.39 is 0 Å². The predicted octanol–water partition coefficient (Wildman–Crippen LogP) is 3.02. The number of aromatic amines is 1. The summed E-state index contributed by atoms with van der Waals surface area (Å²) < 4.78 is 5.84. The molecule has 3 heteroatoms. The van der Waals surface area contributed by atoms with Gasteiger partial charge < -0.3 is 14.6 Å². The fraction of sp³-hybridized carbons (Fsp3) is 0.467. The van der Waals surface area contributed by atoms with Crippen LogP contribution in [0.3, 0.4) is 0 Å². The van der Waals surface area contributed by atoms with Gasteiger partial charge in [0.2, 0.25) is 0 Å². The molecule has 0 amide bonds. The van der Waals surface area contributed by atoms with Crippen molar-refractivity contribution >= 4 is 10.9 Å². The van der Waals surface area contributed by atoms with E-state index in [2.05, 4.69) is 48.4 Å². The number of fused-ring (bicyclic) bond motifs is 1. The van der Waals surface area contributed by atoms with Crippen LogP contribution in [-0.4, -0.2) is 30.6 Å². The van der Waals surface area contributed by atoms with Gasteiger partial charge in [0.25, 0.3) is 0 Å². The van der Waals surface area contributed by atoms with Crippen molar-refractivity contribution in [2.24, 2.45) is 5.92 Å². The fourth-order valence-electron chi connectivity index (χ4n) is 2.22. The molecule has 1 aromatic carbocycles. The molecule has 1 saturated carbocycles. The number of hydrogen-bond acceptors (Lipinski definition) is 2. The van der Waals surface area contributed by atoms with Crippen LogP contribution in [0.4, 0.5) is 0 Å². The topological polar surface area (TPSA) is 28.3 Å². The monoisotopic (exact) mass is 244 g/mol. The third-order valence-corrected chi connectivity index (χ3v) is 3.41. The summed E-state index contributed by atoms with van der Waals surface area (Å²) in [7, 11) is 4.18. The Labute approximate surface area is 108 Å². The van der Waals surface area contributed by atoms with Gasteiger partial charge in [-0.15, -0.1) is 0 Å². The zero-order valence-corrected chi connectivity index (χ0v) is 11.1. The Hall–Kier alpha value is -1.48. The molecule has 0 aliphatic heterocycles. The molecule has 0 saturated heterocycles. The molecule has 18 heavy (non-hydrogen) atoms. The molecule has 0 radical (unpaired) electrons. The molecule has 3 rings (SSSR count). The number of nitrogens with zero attached hydrogens (tertiary/aromatic N) is 1. The van der Waals surface area contributed by atoms with Crippen LogP contribution in [0.5, 0.6) is 5.75 Å². The Bertz CT molecular complexity index is 540. The third kappa shape index (κ3) is 2.51. The molecule has 1 aliphatic rings. The molecule has 0 spiro atoms. The van der Waals surface area contributed by atoms with E-state index in [0.717, 1.165) is 24.8 Å². The summed E-state index contributed by atoms with van der Waals surface area (Å²) in [5.74, 6) is 1.79. The molecular weight excluding hydrogens is 224 g/mol. The maximum atomic E-state index is 5.84. The van der Waals surface area contributed by atoms with Gasteiger partial charge in [0.1, 0.15) is 5.75 Å². The molecular formula is C15H20N2O. The number of hydrogen-bond donors (Lipinski definition) is 1. The maximum Gasteiger partial charge on any atom is 0.120 e. The van der Waals surface area contributed by atoms with Crippen LogP contribution < -0.4 is 4.74 Å². The lowest BCUT2D eigenvalue weighted by atomic mass is 10.1. The molecule has 1 N–H and O–H groups in total. The minimum absolute atomic E-state index is 0.799. The van der Waals surface area contributed by atoms with Gasteiger partial charge in [0, 0.05) is 23.6 Å². The highest BCUT2D eigenvalue weighted by Crippen LogP contribution is 2.30. The minimum atomic E-state index is 0.799. The molecule has 96 valence electrons. The fourth-order valence-corrected chi connectivity index (χ4v) is 2.22. The van der Waals surface area contributed by atoms with Gasteiger partial charge in [-0.3, -0.25) is 0 Å². The highest BCUT2D eigenvalue weighted by molar-refractivity contribution is 5.84. The predicted molar refractivity (Wildman–Crippen MR) is 73.9 cm³/mol. The third-order valence-electron chi connectivity index (χ3n) is 3.41. The van der Waals surface area contributed by atoms with Crippen molar-refractivity contribution in [2.45, 2.75) is 19.4 Å². The number of ether oxygens (including phenoxy) is 1. The van der Waals surface area contributed by atoms with Crippen molar-refractivity contribution in [3.63, 3.8) is 0 Å². The number of benzene rings is 1. The quantitative estimate of drug-likeness (QED) is 0.875. The molecule has 1 fully saturated rings. The SMILES string of the molecule is CN(C)Cc1c[nH]c2ccc(OCC3CC3)cc12. The molecule has 3 nitrogen and oxygen atoms in total. The first-order chi connectivity index (χ1) is 8.72. The van der Waals surface area contributed by atoms with Crippen molar-refractivity contribution in [2.75, 3.05) is 20.7 Å². The van der Waals surface area contributed by atoms with Crippen molar-refractivity contribution in [1.29, 1.82) is 0 Å². The Balaban J connectivity index is 1.83. The summed E-state index contributed by atoms with van der Waals surface area (Å²) >= 11 is 0. The first-order valence-electron chi connectivity index (χ1n) is 6.60. The molecule has 0 bridgehead atoms. The van der Waals surface area contributed by atoms with E-state index in [1.807, 2.05) is 0 Å². The van der Waals surface area contributed by atoms with Crippen LogP contribution in [0.2, 0.25) is 0 Å². The first kappa shape index (κ1) is 11.6. The summed E-state index contributed by atoms with van der Waals surface area (Å²) in [6.07, 6.45) is 4.76. The van der Waals surface area contributed by atoms with Crippen molar-refractivity contribution in [3.8, 4) is 5.75 Å². The van der Waals surface area contributed by atoms with Gasteiger partial charge in [-0.25, -0.2) is 0 Å². The van der Waals surface area contributed by atoms with Crippen molar-refractivity contribution < 1.29 is 4.74 Å². The highest BCUT2D eigenvalue weighted by atomic mass is 16.5. The standard InChI is InChI=1S/C15H20N2O/c1-17(2)9-12-8-16-15-6-5-13(7-14(12)15)18-10-11-3-4-11/h5-8,11,16H,3-4,9-10H2,1-2H3. The second kappa shape index (κ2) is 4.65. The van der Waals surface area contributed by atoms with Crippen molar-refractivity contribution in [3.05, 3.63) is 30.0 Å². The zero-order valence-electron chi connectivity index (χ0n) is 11.1. The van der Waals surface area contributed by atoms with E-state index in [-0.39, 0.29) is 0 Å².